The molecule has 1 saturated heterocycles. The summed E-state index contributed by atoms with van der Waals surface area (Å²) in [5.74, 6) is 4.13. The SMILES string of the molecule is C=C[C@H]1C[C@H](O)[C@@]2(C)CC[C@H]3[C@@H](CC[C@H]4C[C@H](OC5CCCCO5)C[C@H](C)[C@@]43C)[C@H]12. The minimum absolute atomic E-state index is 0.0420. The molecule has 30 heavy (non-hydrogen) atoms. The Morgan fingerprint density at radius 1 is 1.07 bits per heavy atom. The average Bonchev–Trinajstić information content (AvgIpc) is 3.00. The molecule has 0 spiro atoms. The van der Waals surface area contributed by atoms with Gasteiger partial charge in [-0.3, -0.25) is 0 Å². The van der Waals surface area contributed by atoms with Gasteiger partial charge in [0.15, 0.2) is 6.29 Å². The van der Waals surface area contributed by atoms with Crippen molar-refractivity contribution in [3.05, 3.63) is 12.7 Å². The summed E-state index contributed by atoms with van der Waals surface area (Å²) in [5.41, 5.74) is 0.516. The van der Waals surface area contributed by atoms with Crippen LogP contribution >= 0.6 is 0 Å². The van der Waals surface area contributed by atoms with E-state index in [1.54, 1.807) is 0 Å². The van der Waals surface area contributed by atoms with Gasteiger partial charge in [-0.2, -0.15) is 0 Å². The van der Waals surface area contributed by atoms with Gasteiger partial charge in [0, 0.05) is 6.61 Å². The van der Waals surface area contributed by atoms with Crippen molar-refractivity contribution in [2.75, 3.05) is 6.61 Å². The highest BCUT2D eigenvalue weighted by atomic mass is 16.7. The molecule has 3 nitrogen and oxygen atoms in total. The zero-order valence-electron chi connectivity index (χ0n) is 19.5. The van der Waals surface area contributed by atoms with Crippen molar-refractivity contribution in [2.45, 2.75) is 103 Å². The number of hydrogen-bond donors (Lipinski definition) is 1. The Hall–Kier alpha value is -0.380. The zero-order chi connectivity index (χ0) is 21.1. The van der Waals surface area contributed by atoms with Gasteiger partial charge in [-0.05, 0) is 111 Å². The van der Waals surface area contributed by atoms with Crippen LogP contribution in [0.1, 0.15) is 85.0 Å². The number of fused-ring (bicyclic) bond motifs is 5. The van der Waals surface area contributed by atoms with Crippen LogP contribution in [0.3, 0.4) is 0 Å². The second kappa shape index (κ2) is 7.89. The van der Waals surface area contributed by atoms with Crippen molar-refractivity contribution >= 4 is 0 Å². The van der Waals surface area contributed by atoms with E-state index in [2.05, 4.69) is 33.4 Å². The summed E-state index contributed by atoms with van der Waals surface area (Å²) >= 11 is 0. The number of ether oxygens (including phenoxy) is 2. The van der Waals surface area contributed by atoms with Gasteiger partial charge in [0.2, 0.25) is 0 Å². The Kier molecular flexibility index (Phi) is 5.64. The maximum absolute atomic E-state index is 10.9. The molecule has 5 rings (SSSR count). The topological polar surface area (TPSA) is 38.7 Å². The molecule has 0 bridgehead atoms. The van der Waals surface area contributed by atoms with Gasteiger partial charge in [-0.15, -0.1) is 6.58 Å². The predicted molar refractivity (Wildman–Crippen MR) is 120 cm³/mol. The molecule has 4 aliphatic carbocycles. The lowest BCUT2D eigenvalue weighted by Gasteiger charge is -2.63. The predicted octanol–water partition coefficient (Wildman–Crippen LogP) is 5.96. The fraction of sp³-hybridized carbons (Fsp3) is 0.926. The quantitative estimate of drug-likeness (QED) is 0.456. The Morgan fingerprint density at radius 3 is 2.63 bits per heavy atom. The Labute approximate surface area is 184 Å². The van der Waals surface area contributed by atoms with E-state index >= 15 is 0 Å². The van der Waals surface area contributed by atoms with Crippen LogP contribution in [-0.2, 0) is 9.47 Å². The Balaban J connectivity index is 1.35. The third-order valence-electron chi connectivity index (χ3n) is 11.0. The van der Waals surface area contributed by atoms with E-state index in [4.69, 9.17) is 9.47 Å². The molecule has 0 radical (unpaired) electrons. The van der Waals surface area contributed by atoms with Crippen LogP contribution in [0.25, 0.3) is 0 Å². The van der Waals surface area contributed by atoms with E-state index in [-0.39, 0.29) is 17.8 Å². The summed E-state index contributed by atoms with van der Waals surface area (Å²) in [6.45, 7) is 12.6. The molecular formula is C27H44O3. The molecular weight excluding hydrogens is 372 g/mol. The van der Waals surface area contributed by atoms with Gasteiger partial charge < -0.3 is 14.6 Å². The lowest BCUT2D eigenvalue weighted by molar-refractivity contribution is -0.223. The number of aliphatic hydroxyl groups excluding tert-OH is 1. The van der Waals surface area contributed by atoms with Crippen LogP contribution in [0.15, 0.2) is 12.7 Å². The number of rotatable bonds is 3. The van der Waals surface area contributed by atoms with Crippen LogP contribution in [0.2, 0.25) is 0 Å². The van der Waals surface area contributed by atoms with Gasteiger partial charge in [0.25, 0.3) is 0 Å². The fourth-order valence-electron chi connectivity index (χ4n) is 9.20. The van der Waals surface area contributed by atoms with E-state index < -0.39 is 0 Å². The molecule has 11 atom stereocenters. The molecule has 5 fully saturated rings. The van der Waals surface area contributed by atoms with E-state index in [0.29, 0.717) is 29.3 Å². The molecule has 0 aromatic heterocycles. The van der Waals surface area contributed by atoms with E-state index in [9.17, 15) is 5.11 Å². The molecule has 1 unspecified atom stereocenters. The molecule has 0 aromatic rings. The van der Waals surface area contributed by atoms with Crippen molar-refractivity contribution in [3.63, 3.8) is 0 Å². The van der Waals surface area contributed by atoms with Crippen LogP contribution < -0.4 is 0 Å². The molecule has 1 aliphatic heterocycles. The second-order valence-electron chi connectivity index (χ2n) is 12.1. The normalized spacial score (nSPS) is 55.9. The summed E-state index contributed by atoms with van der Waals surface area (Å²) in [6.07, 6.45) is 14.4. The molecule has 5 aliphatic rings. The lowest BCUT2D eigenvalue weighted by atomic mass is 9.42. The van der Waals surface area contributed by atoms with Gasteiger partial charge in [-0.1, -0.05) is 26.8 Å². The largest absolute Gasteiger partial charge is 0.393 e. The highest BCUT2D eigenvalue weighted by Crippen LogP contribution is 2.68. The van der Waals surface area contributed by atoms with Crippen molar-refractivity contribution in [3.8, 4) is 0 Å². The van der Waals surface area contributed by atoms with Crippen LogP contribution in [0.4, 0.5) is 0 Å². The van der Waals surface area contributed by atoms with Crippen molar-refractivity contribution in [1.29, 1.82) is 0 Å². The zero-order valence-corrected chi connectivity index (χ0v) is 19.5. The van der Waals surface area contributed by atoms with E-state index in [1.807, 2.05) is 0 Å². The molecule has 1 N–H and O–H groups in total. The summed E-state index contributed by atoms with van der Waals surface area (Å²) < 4.78 is 12.4. The number of aliphatic hydroxyl groups is 1. The maximum Gasteiger partial charge on any atom is 0.157 e. The molecule has 4 saturated carbocycles. The highest BCUT2D eigenvalue weighted by molar-refractivity contribution is 5.14. The Bertz CT molecular complexity index is 642. The standard InChI is InChI=1S/C27H44O3/c1-5-18-15-23(28)26(3)12-11-22-21(25(18)26)10-9-19-16-20(14-17(2)27(19,22)4)30-24-8-6-7-13-29-24/h5,17-25,28H,1,6-16H2,2-4H3/t17-,18-,19-,20+,21+,22-,23-,24?,25-,26+,27-/m0/s1. The minimum Gasteiger partial charge on any atom is -0.393 e. The summed E-state index contributed by atoms with van der Waals surface area (Å²) in [6, 6.07) is 0. The number of allylic oxidation sites excluding steroid dienone is 1. The van der Waals surface area contributed by atoms with Gasteiger partial charge in [0.1, 0.15) is 0 Å². The highest BCUT2D eigenvalue weighted by Gasteiger charge is 2.63. The first-order valence-electron chi connectivity index (χ1n) is 13.0. The Morgan fingerprint density at radius 2 is 1.90 bits per heavy atom. The monoisotopic (exact) mass is 416 g/mol. The van der Waals surface area contributed by atoms with E-state index in [1.165, 1.54) is 51.4 Å². The number of hydrogen-bond acceptors (Lipinski definition) is 3. The van der Waals surface area contributed by atoms with Gasteiger partial charge in [-0.25, -0.2) is 0 Å². The van der Waals surface area contributed by atoms with Gasteiger partial charge in [0.05, 0.1) is 12.2 Å². The smallest absolute Gasteiger partial charge is 0.157 e. The lowest BCUT2D eigenvalue weighted by Crippen LogP contribution is -2.58. The second-order valence-corrected chi connectivity index (χ2v) is 12.1. The molecule has 170 valence electrons. The third kappa shape index (κ3) is 3.17. The first kappa shape index (κ1) is 21.5. The van der Waals surface area contributed by atoms with Gasteiger partial charge >= 0.3 is 0 Å². The first-order chi connectivity index (χ1) is 14.4. The maximum atomic E-state index is 10.9. The van der Waals surface area contributed by atoms with Crippen molar-refractivity contribution < 1.29 is 14.6 Å². The first-order valence-corrected chi connectivity index (χ1v) is 13.0. The summed E-state index contributed by atoms with van der Waals surface area (Å²) in [7, 11) is 0. The minimum atomic E-state index is -0.144. The van der Waals surface area contributed by atoms with Crippen molar-refractivity contribution in [1.82, 2.24) is 0 Å². The third-order valence-corrected chi connectivity index (χ3v) is 11.0. The molecule has 0 aromatic carbocycles. The molecule has 0 amide bonds. The summed E-state index contributed by atoms with van der Waals surface area (Å²) in [4.78, 5) is 0. The summed E-state index contributed by atoms with van der Waals surface area (Å²) in [5, 5.41) is 10.9. The van der Waals surface area contributed by atoms with Crippen LogP contribution in [0.5, 0.6) is 0 Å². The average molecular weight is 417 g/mol. The molecule has 3 heteroatoms. The van der Waals surface area contributed by atoms with Crippen LogP contribution in [0, 0.1) is 46.3 Å². The van der Waals surface area contributed by atoms with E-state index in [0.717, 1.165) is 37.2 Å². The molecule has 1 heterocycles. The van der Waals surface area contributed by atoms with Crippen molar-refractivity contribution in [2.24, 2.45) is 46.3 Å². The fourth-order valence-corrected chi connectivity index (χ4v) is 9.20. The van der Waals surface area contributed by atoms with Crippen LogP contribution in [-0.4, -0.2) is 30.2 Å².